The first-order valence-corrected chi connectivity index (χ1v) is 7.94. The van der Waals surface area contributed by atoms with E-state index in [1.807, 2.05) is 60.7 Å². The van der Waals surface area contributed by atoms with Crippen molar-refractivity contribution in [3.63, 3.8) is 0 Å². The summed E-state index contributed by atoms with van der Waals surface area (Å²) in [6.07, 6.45) is 1.50. The van der Waals surface area contributed by atoms with Gasteiger partial charge in [-0.2, -0.15) is 15.5 Å². The molecule has 0 saturated heterocycles. The van der Waals surface area contributed by atoms with Gasteiger partial charge in [0.2, 0.25) is 11.6 Å². The smallest absolute Gasteiger partial charge is 0.260 e. The molecule has 0 amide bonds. The highest BCUT2D eigenvalue weighted by Gasteiger charge is 2.14. The van der Waals surface area contributed by atoms with Gasteiger partial charge in [0.15, 0.2) is 0 Å². The van der Waals surface area contributed by atoms with Gasteiger partial charge >= 0.3 is 0 Å². The molecule has 0 aliphatic rings. The zero-order chi connectivity index (χ0) is 18.5. The highest BCUT2D eigenvalue weighted by Crippen LogP contribution is 2.28. The third-order valence-electron chi connectivity index (χ3n) is 3.69. The summed E-state index contributed by atoms with van der Waals surface area (Å²) in [6, 6.07) is 19.0. The lowest BCUT2D eigenvalue weighted by Crippen LogP contribution is -1.95. The van der Waals surface area contributed by atoms with Gasteiger partial charge in [-0.25, -0.2) is 0 Å². The number of nitriles is 1. The molecule has 0 aliphatic carbocycles. The molecule has 2 aromatic carbocycles. The lowest BCUT2D eigenvalue weighted by atomic mass is 10.1. The van der Waals surface area contributed by atoms with Gasteiger partial charge in [0.1, 0.15) is 11.6 Å². The van der Waals surface area contributed by atoms with E-state index in [4.69, 9.17) is 4.52 Å². The van der Waals surface area contributed by atoms with Crippen molar-refractivity contribution in [1.29, 1.82) is 5.26 Å². The molecule has 0 bridgehead atoms. The summed E-state index contributed by atoms with van der Waals surface area (Å²) in [4.78, 5) is 4.47. The summed E-state index contributed by atoms with van der Waals surface area (Å²) in [5.41, 5.74) is 2.49. The first kappa shape index (κ1) is 16.2. The van der Waals surface area contributed by atoms with E-state index in [0.717, 1.165) is 5.56 Å². The molecule has 0 atom stereocenters. The number of benzene rings is 2. The van der Waals surface area contributed by atoms with E-state index in [0.29, 0.717) is 23.0 Å². The van der Waals surface area contributed by atoms with Crippen molar-refractivity contribution < 1.29 is 4.52 Å². The Kier molecular flexibility index (Phi) is 4.36. The molecule has 0 fully saturated rings. The van der Waals surface area contributed by atoms with Crippen molar-refractivity contribution in [1.82, 2.24) is 30.8 Å². The molecule has 4 rings (SSSR count). The van der Waals surface area contributed by atoms with Gasteiger partial charge in [0.25, 0.3) is 5.89 Å². The Hall–Kier alpha value is -4.32. The topological polar surface area (TPSA) is 129 Å². The Morgan fingerprint density at radius 1 is 1.11 bits per heavy atom. The molecular weight excluding hydrogens is 344 g/mol. The normalized spacial score (nSPS) is 11.1. The molecule has 0 radical (unpaired) electrons. The van der Waals surface area contributed by atoms with E-state index in [1.165, 1.54) is 6.20 Å². The van der Waals surface area contributed by atoms with Crippen LogP contribution in [-0.4, -0.2) is 30.8 Å². The molecule has 0 unspecified atom stereocenters. The quantitative estimate of drug-likeness (QED) is 0.522. The third kappa shape index (κ3) is 3.40. The van der Waals surface area contributed by atoms with Gasteiger partial charge < -0.3 is 9.84 Å². The number of H-pyrrole nitrogens is 1. The van der Waals surface area contributed by atoms with Crippen LogP contribution in [0.25, 0.3) is 28.4 Å². The largest absolute Gasteiger partial charge is 0.360 e. The summed E-state index contributed by atoms with van der Waals surface area (Å²) in [7, 11) is 0. The van der Waals surface area contributed by atoms with E-state index in [9.17, 15) is 5.26 Å². The number of aromatic nitrogens is 6. The monoisotopic (exact) mass is 356 g/mol. The molecular formula is C18H12N8O. The predicted octanol–water partition coefficient (Wildman–Crippen LogP) is 2.89. The van der Waals surface area contributed by atoms with Crippen LogP contribution in [0.4, 0.5) is 5.69 Å². The Labute approximate surface area is 153 Å². The lowest BCUT2D eigenvalue weighted by molar-refractivity contribution is 0.432. The molecule has 2 N–H and O–H groups in total. The highest BCUT2D eigenvalue weighted by molar-refractivity contribution is 5.78. The van der Waals surface area contributed by atoms with Crippen LogP contribution in [-0.2, 0) is 0 Å². The van der Waals surface area contributed by atoms with E-state index < -0.39 is 0 Å². The van der Waals surface area contributed by atoms with Crippen LogP contribution in [0.1, 0.15) is 5.82 Å². The van der Waals surface area contributed by atoms with Crippen molar-refractivity contribution in [2.24, 2.45) is 0 Å². The second-order valence-corrected chi connectivity index (χ2v) is 5.38. The predicted molar refractivity (Wildman–Crippen MR) is 96.6 cm³/mol. The van der Waals surface area contributed by atoms with Gasteiger partial charge in [0, 0.05) is 11.8 Å². The summed E-state index contributed by atoms with van der Waals surface area (Å²) >= 11 is 0. The fourth-order valence-electron chi connectivity index (χ4n) is 2.41. The van der Waals surface area contributed by atoms with Gasteiger partial charge in [-0.05, 0) is 17.3 Å². The minimum Gasteiger partial charge on any atom is -0.360 e. The van der Waals surface area contributed by atoms with E-state index >= 15 is 0 Å². The summed E-state index contributed by atoms with van der Waals surface area (Å²) in [5, 5.41) is 29.7. The molecule has 2 aromatic heterocycles. The minimum absolute atomic E-state index is 0.201. The number of hydrogen-bond donors (Lipinski definition) is 2. The number of para-hydroxylation sites is 1. The maximum atomic E-state index is 9.27. The number of tetrazole rings is 1. The Bertz CT molecular complexity index is 1110. The fraction of sp³-hybridized carbons (Fsp3) is 0. The molecule has 4 aromatic rings. The van der Waals surface area contributed by atoms with Crippen LogP contribution in [0, 0.1) is 11.3 Å². The van der Waals surface area contributed by atoms with Crippen molar-refractivity contribution in [3.05, 3.63) is 66.6 Å². The maximum absolute atomic E-state index is 9.27. The van der Waals surface area contributed by atoms with Crippen LogP contribution >= 0.6 is 0 Å². The molecule has 2 heterocycles. The fourth-order valence-corrected chi connectivity index (χ4v) is 2.41. The van der Waals surface area contributed by atoms with Crippen LogP contribution in [0.15, 0.2) is 65.3 Å². The number of nitrogens with zero attached hydrogens (tertiary/aromatic N) is 6. The number of aromatic amines is 1. The zero-order valence-electron chi connectivity index (χ0n) is 13.9. The zero-order valence-corrected chi connectivity index (χ0v) is 13.9. The number of nitrogens with one attached hydrogen (secondary N) is 2. The molecule has 130 valence electrons. The van der Waals surface area contributed by atoms with Gasteiger partial charge in [-0.3, -0.25) is 0 Å². The Morgan fingerprint density at radius 3 is 2.70 bits per heavy atom. The average Bonchev–Trinajstić information content (AvgIpc) is 3.42. The Morgan fingerprint density at radius 2 is 1.93 bits per heavy atom. The van der Waals surface area contributed by atoms with Crippen LogP contribution in [0.2, 0.25) is 0 Å². The van der Waals surface area contributed by atoms with Crippen molar-refractivity contribution in [3.8, 4) is 28.9 Å². The Balaban J connectivity index is 1.64. The van der Waals surface area contributed by atoms with E-state index in [2.05, 4.69) is 36.1 Å². The number of hydrogen-bond acceptors (Lipinski definition) is 8. The van der Waals surface area contributed by atoms with Crippen molar-refractivity contribution >= 4 is 11.3 Å². The van der Waals surface area contributed by atoms with Crippen molar-refractivity contribution in [2.75, 3.05) is 5.32 Å². The van der Waals surface area contributed by atoms with Crippen molar-refractivity contribution in [2.45, 2.75) is 0 Å². The SMILES string of the molecule is N#CC(=CNc1ccccc1-c1nc(-c2ccccc2)no1)c1nn[nH]n1. The van der Waals surface area contributed by atoms with Gasteiger partial charge in [-0.15, -0.1) is 10.2 Å². The van der Waals surface area contributed by atoms with E-state index in [-0.39, 0.29) is 11.4 Å². The average molecular weight is 356 g/mol. The minimum atomic E-state index is 0.201. The molecule has 9 heteroatoms. The first-order valence-electron chi connectivity index (χ1n) is 7.94. The highest BCUT2D eigenvalue weighted by atomic mass is 16.5. The molecule has 27 heavy (non-hydrogen) atoms. The second-order valence-electron chi connectivity index (χ2n) is 5.38. The third-order valence-corrected chi connectivity index (χ3v) is 3.69. The second kappa shape index (κ2) is 7.28. The first-order chi connectivity index (χ1) is 13.3. The van der Waals surface area contributed by atoms with Gasteiger partial charge in [-0.1, -0.05) is 47.6 Å². The van der Waals surface area contributed by atoms with E-state index in [1.54, 1.807) is 0 Å². The summed E-state index contributed by atoms with van der Waals surface area (Å²) < 4.78 is 5.42. The number of allylic oxidation sites excluding steroid dienone is 1. The molecule has 0 spiro atoms. The lowest BCUT2D eigenvalue weighted by Gasteiger charge is -2.05. The van der Waals surface area contributed by atoms with Crippen LogP contribution in [0.3, 0.4) is 0 Å². The standard InChI is InChI=1S/C18H12N8O/c19-10-13(17-22-25-26-23-17)11-20-15-9-5-4-8-14(15)18-21-16(24-27-18)12-6-2-1-3-7-12/h1-9,11,20H,(H,22,23,25,26). The van der Waals surface area contributed by atoms with Crippen LogP contribution in [0.5, 0.6) is 0 Å². The number of anilines is 1. The molecule has 0 aliphatic heterocycles. The molecule has 0 saturated carbocycles. The summed E-state index contributed by atoms with van der Waals surface area (Å²) in [6.45, 7) is 0. The number of rotatable bonds is 5. The maximum Gasteiger partial charge on any atom is 0.260 e. The van der Waals surface area contributed by atoms with Gasteiger partial charge in [0.05, 0.1) is 11.3 Å². The summed E-state index contributed by atoms with van der Waals surface area (Å²) in [5.74, 6) is 1.07. The van der Waals surface area contributed by atoms with Crippen LogP contribution < -0.4 is 5.32 Å². The molecule has 9 nitrogen and oxygen atoms in total.